The fraction of sp³-hybridized carbons (Fsp3) is 0.467. The minimum absolute atomic E-state index is 0.138. The molecule has 0 aliphatic carbocycles. The maximum Gasteiger partial charge on any atom is 0.308 e. The molecule has 0 aromatic heterocycles. The highest BCUT2D eigenvalue weighted by atomic mass is 19.2. The molecule has 1 aromatic rings. The van der Waals surface area contributed by atoms with Crippen LogP contribution in [-0.2, 0) is 4.79 Å². The standard InChI is InChI=1S/C15H19F2NO3/c1-15(2,3)7-9(14(20)21)8-18-13(19)10-5-4-6-11(16)12(10)17/h4-6,9H,7-8H2,1-3H3,(H,18,19)(H,20,21). The first-order chi connectivity index (χ1) is 9.61. The molecule has 1 amide bonds. The van der Waals surface area contributed by atoms with E-state index in [1.54, 1.807) is 0 Å². The average Bonchev–Trinajstić information content (AvgIpc) is 2.35. The first kappa shape index (κ1) is 17.1. The lowest BCUT2D eigenvalue weighted by Gasteiger charge is -2.23. The SMILES string of the molecule is CC(C)(C)CC(CNC(=O)c1cccc(F)c1F)C(=O)O. The molecule has 0 saturated heterocycles. The average molecular weight is 299 g/mol. The molecule has 0 saturated carbocycles. The fourth-order valence-electron chi connectivity index (χ4n) is 1.98. The van der Waals surface area contributed by atoms with E-state index in [1.165, 1.54) is 6.07 Å². The van der Waals surface area contributed by atoms with Crippen LogP contribution in [0.4, 0.5) is 8.78 Å². The number of amides is 1. The third-order valence-electron chi connectivity index (χ3n) is 2.91. The third kappa shape index (κ3) is 5.13. The molecule has 0 bridgehead atoms. The first-order valence-electron chi connectivity index (χ1n) is 6.57. The Labute approximate surface area is 122 Å². The van der Waals surface area contributed by atoms with E-state index < -0.39 is 35.0 Å². The summed E-state index contributed by atoms with van der Waals surface area (Å²) in [7, 11) is 0. The number of carbonyl (C=O) groups excluding carboxylic acids is 1. The molecule has 116 valence electrons. The Balaban J connectivity index is 2.74. The highest BCUT2D eigenvalue weighted by Gasteiger charge is 2.25. The van der Waals surface area contributed by atoms with E-state index in [-0.39, 0.29) is 12.0 Å². The van der Waals surface area contributed by atoms with Crippen LogP contribution in [0.2, 0.25) is 0 Å². The van der Waals surface area contributed by atoms with Crippen molar-refractivity contribution in [2.24, 2.45) is 11.3 Å². The molecule has 1 atom stereocenters. The van der Waals surface area contributed by atoms with Gasteiger partial charge in [-0.3, -0.25) is 9.59 Å². The van der Waals surface area contributed by atoms with Crippen LogP contribution in [0.5, 0.6) is 0 Å². The van der Waals surface area contributed by atoms with Crippen LogP contribution in [-0.4, -0.2) is 23.5 Å². The fourth-order valence-corrected chi connectivity index (χ4v) is 1.98. The molecule has 6 heteroatoms. The Kier molecular flexibility index (Phi) is 5.41. The van der Waals surface area contributed by atoms with Gasteiger partial charge in [0.2, 0.25) is 0 Å². The van der Waals surface area contributed by atoms with E-state index in [9.17, 15) is 18.4 Å². The lowest BCUT2D eigenvalue weighted by molar-refractivity contribution is -0.142. The molecule has 1 rings (SSSR count). The number of carboxylic acid groups (broad SMARTS) is 1. The highest BCUT2D eigenvalue weighted by molar-refractivity contribution is 5.94. The maximum absolute atomic E-state index is 13.5. The smallest absolute Gasteiger partial charge is 0.308 e. The van der Waals surface area contributed by atoms with Gasteiger partial charge in [0.05, 0.1) is 11.5 Å². The monoisotopic (exact) mass is 299 g/mol. The number of hydrogen-bond acceptors (Lipinski definition) is 2. The van der Waals surface area contributed by atoms with Crippen LogP contribution in [0.15, 0.2) is 18.2 Å². The summed E-state index contributed by atoms with van der Waals surface area (Å²) in [5, 5.41) is 11.5. The van der Waals surface area contributed by atoms with Crippen LogP contribution < -0.4 is 5.32 Å². The molecule has 2 N–H and O–H groups in total. The van der Waals surface area contributed by atoms with E-state index in [0.29, 0.717) is 6.42 Å². The summed E-state index contributed by atoms with van der Waals surface area (Å²) in [6, 6.07) is 3.27. The van der Waals surface area contributed by atoms with Crippen LogP contribution in [0.25, 0.3) is 0 Å². The van der Waals surface area contributed by atoms with Crippen molar-refractivity contribution in [2.45, 2.75) is 27.2 Å². The molecular formula is C15H19F2NO3. The topological polar surface area (TPSA) is 66.4 Å². The van der Waals surface area contributed by atoms with Gasteiger partial charge in [0.25, 0.3) is 5.91 Å². The molecule has 1 unspecified atom stereocenters. The molecule has 0 spiro atoms. The van der Waals surface area contributed by atoms with Gasteiger partial charge in [-0.05, 0) is 24.0 Å². The number of carbonyl (C=O) groups is 2. The number of hydrogen-bond donors (Lipinski definition) is 2. The molecule has 1 aromatic carbocycles. The largest absolute Gasteiger partial charge is 0.481 e. The molecule has 0 aliphatic heterocycles. The number of rotatable bonds is 5. The Morgan fingerprint density at radius 3 is 2.43 bits per heavy atom. The van der Waals surface area contributed by atoms with Gasteiger partial charge in [0.1, 0.15) is 0 Å². The van der Waals surface area contributed by atoms with E-state index in [2.05, 4.69) is 5.32 Å². The van der Waals surface area contributed by atoms with Crippen molar-refractivity contribution in [3.8, 4) is 0 Å². The van der Waals surface area contributed by atoms with Crippen molar-refractivity contribution in [3.63, 3.8) is 0 Å². The van der Waals surface area contributed by atoms with Crippen LogP contribution in [0.1, 0.15) is 37.6 Å². The van der Waals surface area contributed by atoms with Crippen molar-refractivity contribution in [3.05, 3.63) is 35.4 Å². The zero-order valence-corrected chi connectivity index (χ0v) is 12.2. The summed E-state index contributed by atoms with van der Waals surface area (Å²) in [6.07, 6.45) is 0.355. The molecule has 0 aliphatic rings. The second-order valence-corrected chi connectivity index (χ2v) is 6.11. The van der Waals surface area contributed by atoms with E-state index in [1.807, 2.05) is 20.8 Å². The van der Waals surface area contributed by atoms with Crippen LogP contribution >= 0.6 is 0 Å². The molecule has 0 fully saturated rings. The summed E-state index contributed by atoms with van der Waals surface area (Å²) >= 11 is 0. The predicted octanol–water partition coefficient (Wildman–Crippen LogP) is 2.83. The van der Waals surface area contributed by atoms with E-state index in [4.69, 9.17) is 5.11 Å². The van der Waals surface area contributed by atoms with Gasteiger partial charge in [-0.2, -0.15) is 0 Å². The second-order valence-electron chi connectivity index (χ2n) is 6.11. The van der Waals surface area contributed by atoms with Gasteiger partial charge < -0.3 is 10.4 Å². The van der Waals surface area contributed by atoms with Crippen molar-refractivity contribution in [1.82, 2.24) is 5.32 Å². The van der Waals surface area contributed by atoms with Gasteiger partial charge in [-0.1, -0.05) is 26.8 Å². The minimum Gasteiger partial charge on any atom is -0.481 e. The normalized spacial score (nSPS) is 12.8. The Morgan fingerprint density at radius 2 is 1.90 bits per heavy atom. The Bertz CT molecular complexity index is 538. The van der Waals surface area contributed by atoms with Crippen molar-refractivity contribution in [1.29, 1.82) is 0 Å². The van der Waals surface area contributed by atoms with Gasteiger partial charge in [0.15, 0.2) is 11.6 Å². The number of halogens is 2. The second kappa shape index (κ2) is 6.65. The first-order valence-corrected chi connectivity index (χ1v) is 6.57. The van der Waals surface area contributed by atoms with E-state index in [0.717, 1.165) is 12.1 Å². The third-order valence-corrected chi connectivity index (χ3v) is 2.91. The molecule has 21 heavy (non-hydrogen) atoms. The molecule has 0 radical (unpaired) electrons. The predicted molar refractivity (Wildman–Crippen MR) is 73.9 cm³/mol. The summed E-state index contributed by atoms with van der Waals surface area (Å²) < 4.78 is 26.5. The van der Waals surface area contributed by atoms with Gasteiger partial charge in [-0.15, -0.1) is 0 Å². The van der Waals surface area contributed by atoms with Crippen LogP contribution in [0.3, 0.4) is 0 Å². The minimum atomic E-state index is -1.24. The van der Waals surface area contributed by atoms with Crippen molar-refractivity contribution < 1.29 is 23.5 Å². The van der Waals surface area contributed by atoms with Gasteiger partial charge in [-0.25, -0.2) is 8.78 Å². The quantitative estimate of drug-likeness (QED) is 0.878. The van der Waals surface area contributed by atoms with Crippen LogP contribution in [0, 0.1) is 23.0 Å². The maximum atomic E-state index is 13.5. The molecule has 4 nitrogen and oxygen atoms in total. The molecular weight excluding hydrogens is 280 g/mol. The lowest BCUT2D eigenvalue weighted by atomic mass is 9.84. The molecule has 0 heterocycles. The lowest BCUT2D eigenvalue weighted by Crippen LogP contribution is -2.35. The number of benzene rings is 1. The van der Waals surface area contributed by atoms with Crippen molar-refractivity contribution in [2.75, 3.05) is 6.54 Å². The zero-order valence-electron chi connectivity index (χ0n) is 12.2. The summed E-state index contributed by atoms with van der Waals surface area (Å²) in [4.78, 5) is 23.0. The van der Waals surface area contributed by atoms with E-state index >= 15 is 0 Å². The summed E-state index contributed by atoms with van der Waals surface area (Å²) in [5.41, 5.74) is -0.660. The van der Waals surface area contributed by atoms with Crippen molar-refractivity contribution >= 4 is 11.9 Å². The Morgan fingerprint density at radius 1 is 1.29 bits per heavy atom. The number of carboxylic acids is 1. The Hall–Kier alpha value is -1.98. The van der Waals surface area contributed by atoms with Gasteiger partial charge >= 0.3 is 5.97 Å². The summed E-state index contributed by atoms with van der Waals surface area (Å²) in [6.45, 7) is 5.52. The number of nitrogens with one attached hydrogen (secondary N) is 1. The van der Waals surface area contributed by atoms with Gasteiger partial charge in [0, 0.05) is 6.54 Å². The highest BCUT2D eigenvalue weighted by Crippen LogP contribution is 2.24. The summed E-state index contributed by atoms with van der Waals surface area (Å²) in [5.74, 6) is -5.01. The zero-order chi connectivity index (χ0) is 16.2. The number of aliphatic carboxylic acids is 1.